The molecule has 0 radical (unpaired) electrons. The number of carboxylic acids is 2. The summed E-state index contributed by atoms with van der Waals surface area (Å²) in [6.45, 7) is 0. The zero-order valence-electron chi connectivity index (χ0n) is 19.4. The molecular formula is C18H29N9O10. The summed E-state index contributed by atoms with van der Waals surface area (Å²) in [7, 11) is 0. The lowest BCUT2D eigenvalue weighted by molar-refractivity contribution is -0.160. The Morgan fingerprint density at radius 1 is 0.541 bits per heavy atom. The van der Waals surface area contributed by atoms with Crippen molar-refractivity contribution in [3.05, 3.63) is 0 Å². The molecule has 0 rings (SSSR count). The van der Waals surface area contributed by atoms with Gasteiger partial charge in [-0.2, -0.15) is 0 Å². The second kappa shape index (κ2) is 15.8. The number of aliphatic carboxylic acids is 2. The number of carbonyl (C=O) groups is 6. The molecule has 14 N–H and O–H groups in total. The maximum absolute atomic E-state index is 12.3. The summed E-state index contributed by atoms with van der Waals surface area (Å²) in [6.07, 6.45) is -2.89. The lowest BCUT2D eigenvalue weighted by Gasteiger charge is -2.12. The number of nitrogens with two attached hydrogens (primary N) is 6. The zero-order valence-corrected chi connectivity index (χ0v) is 19.4. The van der Waals surface area contributed by atoms with Crippen molar-refractivity contribution in [1.82, 2.24) is 0 Å². The Kier molecular flexibility index (Phi) is 13.7. The van der Waals surface area contributed by atoms with E-state index in [2.05, 4.69) is 24.5 Å². The van der Waals surface area contributed by atoms with Crippen LogP contribution in [0.5, 0.6) is 0 Å². The van der Waals surface area contributed by atoms with Crippen molar-refractivity contribution in [1.29, 1.82) is 0 Å². The Hall–Kier alpha value is -4.97. The molecule has 19 nitrogen and oxygen atoms in total. The highest BCUT2D eigenvalue weighted by atomic mass is 16.6. The topological polar surface area (TPSA) is 355 Å². The number of ether oxygens (including phenoxy) is 2. The molecule has 1 unspecified atom stereocenters. The molecule has 206 valence electrons. The summed E-state index contributed by atoms with van der Waals surface area (Å²) in [5.41, 5.74) is 30.9. The molecule has 0 saturated carbocycles. The van der Waals surface area contributed by atoms with Crippen LogP contribution in [-0.4, -0.2) is 82.0 Å². The molecule has 0 spiro atoms. The standard InChI is InChI=1S/C18H29N9O10/c19-16(20)25-7(13(31)32)1-4-10(28)36-11(29)6-3-9(27-18(23)24)15(35)37-12(30)5-2-8(14(33)34)26-17(21)22/h7-9H,1-6H2,(H,31,32)(H,33,34)(H4,19,20,25)(H4,21,22,26)(H4,23,24,27)/t7-,8-,9?/m0/s1. The molecule has 37 heavy (non-hydrogen) atoms. The number of guanidine groups is 3. The monoisotopic (exact) mass is 531 g/mol. The molecule has 0 aromatic rings. The van der Waals surface area contributed by atoms with E-state index in [9.17, 15) is 28.8 Å². The summed E-state index contributed by atoms with van der Waals surface area (Å²) in [5.74, 6) is -9.07. The first kappa shape index (κ1) is 32.0. The SMILES string of the molecule is NC(N)=NC(CCC(=O)OC(=O)CC[C@H](N=C(N)N)C(=O)O)C(=O)OC(=O)CC[C@H](N=C(N)N)C(=O)O. The second-order valence-corrected chi connectivity index (χ2v) is 7.14. The minimum Gasteiger partial charge on any atom is -0.480 e. The maximum Gasteiger partial charge on any atom is 0.338 e. The Labute approximate surface area is 208 Å². The van der Waals surface area contributed by atoms with Gasteiger partial charge in [0.15, 0.2) is 36.0 Å². The molecule has 0 bridgehead atoms. The molecule has 0 aliphatic heterocycles. The number of hydrogen-bond acceptors (Lipinski definition) is 11. The van der Waals surface area contributed by atoms with Gasteiger partial charge in [-0.1, -0.05) is 0 Å². The average molecular weight is 531 g/mol. The quantitative estimate of drug-likeness (QED) is 0.0427. The van der Waals surface area contributed by atoms with Crippen molar-refractivity contribution in [2.24, 2.45) is 49.4 Å². The highest BCUT2D eigenvalue weighted by Gasteiger charge is 2.26. The second-order valence-electron chi connectivity index (χ2n) is 7.14. The Morgan fingerprint density at radius 3 is 1.16 bits per heavy atom. The Balaban J connectivity index is 4.91. The maximum atomic E-state index is 12.3. The number of carboxylic acid groups (broad SMARTS) is 2. The third-order valence-electron chi connectivity index (χ3n) is 4.06. The van der Waals surface area contributed by atoms with Crippen LogP contribution in [-0.2, 0) is 38.2 Å². The van der Waals surface area contributed by atoms with Crippen LogP contribution in [0.2, 0.25) is 0 Å². The van der Waals surface area contributed by atoms with Gasteiger partial charge in [0.2, 0.25) is 0 Å². The average Bonchev–Trinajstić information content (AvgIpc) is 2.75. The lowest BCUT2D eigenvalue weighted by Crippen LogP contribution is -2.32. The van der Waals surface area contributed by atoms with E-state index in [0.29, 0.717) is 0 Å². The van der Waals surface area contributed by atoms with Crippen LogP contribution in [0.1, 0.15) is 38.5 Å². The number of rotatable bonds is 15. The van der Waals surface area contributed by atoms with Crippen molar-refractivity contribution >= 4 is 53.7 Å². The van der Waals surface area contributed by atoms with E-state index in [1.807, 2.05) is 0 Å². The van der Waals surface area contributed by atoms with E-state index >= 15 is 0 Å². The van der Waals surface area contributed by atoms with E-state index in [-0.39, 0.29) is 6.42 Å². The molecule has 0 amide bonds. The fourth-order valence-corrected chi connectivity index (χ4v) is 2.49. The molecule has 0 aliphatic rings. The van der Waals surface area contributed by atoms with Crippen LogP contribution >= 0.6 is 0 Å². The predicted octanol–water partition coefficient (Wildman–Crippen LogP) is -4.44. The molecular weight excluding hydrogens is 502 g/mol. The van der Waals surface area contributed by atoms with Gasteiger partial charge in [0.1, 0.15) is 0 Å². The van der Waals surface area contributed by atoms with Crippen LogP contribution < -0.4 is 34.4 Å². The van der Waals surface area contributed by atoms with Gasteiger partial charge in [0.05, 0.1) is 0 Å². The van der Waals surface area contributed by atoms with Crippen molar-refractivity contribution in [3.63, 3.8) is 0 Å². The molecule has 0 heterocycles. The highest BCUT2D eigenvalue weighted by molar-refractivity contribution is 5.91. The van der Waals surface area contributed by atoms with Crippen LogP contribution in [0, 0.1) is 0 Å². The summed E-state index contributed by atoms with van der Waals surface area (Å²) < 4.78 is 9.09. The first-order valence-corrected chi connectivity index (χ1v) is 10.3. The number of hydrogen-bond donors (Lipinski definition) is 8. The van der Waals surface area contributed by atoms with Crippen LogP contribution in [0.3, 0.4) is 0 Å². The largest absolute Gasteiger partial charge is 0.480 e. The summed E-state index contributed by atoms with van der Waals surface area (Å²) >= 11 is 0. The zero-order chi connectivity index (χ0) is 28.7. The molecule has 0 aliphatic carbocycles. The van der Waals surface area contributed by atoms with E-state index in [1.165, 1.54) is 0 Å². The molecule has 19 heteroatoms. The number of esters is 4. The summed E-state index contributed by atoms with van der Waals surface area (Å²) in [4.78, 5) is 80.4. The lowest BCUT2D eigenvalue weighted by atomic mass is 10.1. The summed E-state index contributed by atoms with van der Waals surface area (Å²) in [6, 6.07) is -4.45. The summed E-state index contributed by atoms with van der Waals surface area (Å²) in [5, 5.41) is 18.0. The van der Waals surface area contributed by atoms with Gasteiger partial charge >= 0.3 is 35.8 Å². The minimum atomic E-state index is -1.55. The van der Waals surface area contributed by atoms with Crippen molar-refractivity contribution in [3.8, 4) is 0 Å². The number of aliphatic imine (C=N–C) groups is 3. The normalized spacial score (nSPS) is 12.5. The Morgan fingerprint density at radius 2 is 0.838 bits per heavy atom. The van der Waals surface area contributed by atoms with Crippen molar-refractivity contribution in [2.45, 2.75) is 56.7 Å². The van der Waals surface area contributed by atoms with E-state index < -0.39 is 104 Å². The Bertz CT molecular complexity index is 967. The first-order chi connectivity index (χ1) is 17.1. The minimum absolute atomic E-state index is 0.365. The van der Waals surface area contributed by atoms with E-state index in [1.54, 1.807) is 0 Å². The van der Waals surface area contributed by atoms with Crippen LogP contribution in [0.15, 0.2) is 15.0 Å². The third-order valence-corrected chi connectivity index (χ3v) is 4.06. The molecule has 3 atom stereocenters. The predicted molar refractivity (Wildman–Crippen MR) is 124 cm³/mol. The van der Waals surface area contributed by atoms with Gasteiger partial charge in [-0.15, -0.1) is 0 Å². The fraction of sp³-hybridized carbons (Fsp3) is 0.500. The van der Waals surface area contributed by atoms with Gasteiger partial charge in [-0.3, -0.25) is 14.4 Å². The van der Waals surface area contributed by atoms with Gasteiger partial charge in [0, 0.05) is 19.3 Å². The van der Waals surface area contributed by atoms with Crippen LogP contribution in [0.25, 0.3) is 0 Å². The van der Waals surface area contributed by atoms with Crippen LogP contribution in [0.4, 0.5) is 0 Å². The number of carbonyl (C=O) groups excluding carboxylic acids is 4. The first-order valence-electron chi connectivity index (χ1n) is 10.3. The van der Waals surface area contributed by atoms with Gasteiger partial charge in [0.25, 0.3) is 0 Å². The van der Waals surface area contributed by atoms with Gasteiger partial charge < -0.3 is 54.1 Å². The van der Waals surface area contributed by atoms with Gasteiger partial charge in [-0.05, 0) is 19.3 Å². The molecule has 0 aromatic carbocycles. The number of nitrogens with zero attached hydrogens (tertiary/aromatic N) is 3. The molecule has 0 fully saturated rings. The highest BCUT2D eigenvalue weighted by Crippen LogP contribution is 2.10. The van der Waals surface area contributed by atoms with Gasteiger partial charge in [-0.25, -0.2) is 29.4 Å². The van der Waals surface area contributed by atoms with Crippen molar-refractivity contribution in [2.75, 3.05) is 0 Å². The molecule has 0 aromatic heterocycles. The smallest absolute Gasteiger partial charge is 0.338 e. The molecule has 0 saturated heterocycles. The third kappa shape index (κ3) is 14.8. The van der Waals surface area contributed by atoms with Crippen molar-refractivity contribution < 1.29 is 48.5 Å². The van der Waals surface area contributed by atoms with E-state index in [0.717, 1.165) is 0 Å². The van der Waals surface area contributed by atoms with E-state index in [4.69, 9.17) is 44.6 Å². The fourth-order valence-electron chi connectivity index (χ4n) is 2.49.